The first-order chi connectivity index (χ1) is 7.22. The van der Waals surface area contributed by atoms with Crippen LogP contribution >= 0.6 is 0 Å². The molecule has 0 spiro atoms. The van der Waals surface area contributed by atoms with Crippen molar-refractivity contribution in [3.63, 3.8) is 0 Å². The highest BCUT2D eigenvalue weighted by Crippen LogP contribution is 2.34. The molecular formula is C10H14N2O3. The highest BCUT2D eigenvalue weighted by Gasteiger charge is 2.26. The first kappa shape index (κ1) is 10.2. The summed E-state index contributed by atoms with van der Waals surface area (Å²) in [4.78, 5) is 14.8. The molecule has 0 unspecified atom stereocenters. The highest BCUT2D eigenvalue weighted by molar-refractivity contribution is 5.86. The van der Waals surface area contributed by atoms with Crippen molar-refractivity contribution in [1.29, 1.82) is 0 Å². The van der Waals surface area contributed by atoms with Crippen LogP contribution in [-0.2, 0) is 6.54 Å². The van der Waals surface area contributed by atoms with E-state index in [4.69, 9.17) is 15.3 Å². The Labute approximate surface area is 87.3 Å². The van der Waals surface area contributed by atoms with Crippen molar-refractivity contribution in [2.45, 2.75) is 38.1 Å². The van der Waals surface area contributed by atoms with Crippen LogP contribution < -0.4 is 5.73 Å². The normalized spacial score (nSPS) is 17.1. The quantitative estimate of drug-likeness (QED) is 0.788. The molecule has 2 rings (SSSR count). The molecule has 5 heteroatoms. The third kappa shape index (κ3) is 1.87. The van der Waals surface area contributed by atoms with E-state index in [0.29, 0.717) is 5.89 Å². The van der Waals surface area contributed by atoms with E-state index in [0.717, 1.165) is 25.7 Å². The van der Waals surface area contributed by atoms with Crippen molar-refractivity contribution in [3.05, 3.63) is 17.3 Å². The first-order valence-corrected chi connectivity index (χ1v) is 5.15. The number of hydrogen-bond acceptors (Lipinski definition) is 4. The maximum absolute atomic E-state index is 10.8. The number of aromatic nitrogens is 1. The predicted molar refractivity (Wildman–Crippen MR) is 52.6 cm³/mol. The van der Waals surface area contributed by atoms with E-state index >= 15 is 0 Å². The van der Waals surface area contributed by atoms with Gasteiger partial charge in [0.1, 0.15) is 0 Å². The fourth-order valence-electron chi connectivity index (χ4n) is 2.02. The molecule has 0 aliphatic heterocycles. The molecule has 1 heterocycles. The molecule has 0 bridgehead atoms. The van der Waals surface area contributed by atoms with Gasteiger partial charge in [0.25, 0.3) is 0 Å². The van der Waals surface area contributed by atoms with E-state index in [1.165, 1.54) is 0 Å². The Kier molecular flexibility index (Phi) is 2.73. The first-order valence-electron chi connectivity index (χ1n) is 5.15. The fourth-order valence-corrected chi connectivity index (χ4v) is 2.02. The molecule has 3 N–H and O–H groups in total. The van der Waals surface area contributed by atoms with Gasteiger partial charge in [0.2, 0.25) is 0 Å². The molecule has 0 saturated heterocycles. The van der Waals surface area contributed by atoms with Gasteiger partial charge in [0.15, 0.2) is 17.3 Å². The number of carboxylic acid groups (broad SMARTS) is 1. The van der Waals surface area contributed by atoms with Gasteiger partial charge in [-0.1, -0.05) is 12.8 Å². The van der Waals surface area contributed by atoms with E-state index in [9.17, 15) is 4.79 Å². The number of rotatable bonds is 3. The summed E-state index contributed by atoms with van der Waals surface area (Å²) >= 11 is 0. The molecule has 1 aliphatic carbocycles. The van der Waals surface area contributed by atoms with Gasteiger partial charge >= 0.3 is 5.97 Å². The number of aromatic carboxylic acids is 1. The standard InChI is InChI=1S/C10H14N2O3/c11-5-7-8(10(13)14)12-9(15-7)6-3-1-2-4-6/h6H,1-5,11H2,(H,13,14). The van der Waals surface area contributed by atoms with Gasteiger partial charge in [-0.25, -0.2) is 9.78 Å². The van der Waals surface area contributed by atoms with Gasteiger partial charge in [-0.15, -0.1) is 0 Å². The number of oxazole rings is 1. The average Bonchev–Trinajstić information content (AvgIpc) is 2.86. The van der Waals surface area contributed by atoms with Gasteiger partial charge in [-0.2, -0.15) is 0 Å². The number of hydrogen-bond donors (Lipinski definition) is 2. The van der Waals surface area contributed by atoms with E-state index in [1.807, 2.05) is 0 Å². The van der Waals surface area contributed by atoms with Gasteiger partial charge in [0.05, 0.1) is 6.54 Å². The molecule has 1 saturated carbocycles. The van der Waals surface area contributed by atoms with Crippen LogP contribution in [0.3, 0.4) is 0 Å². The molecule has 15 heavy (non-hydrogen) atoms. The summed E-state index contributed by atoms with van der Waals surface area (Å²) in [5.74, 6) is 0.0431. The van der Waals surface area contributed by atoms with Crippen molar-refractivity contribution >= 4 is 5.97 Å². The maximum atomic E-state index is 10.8. The lowest BCUT2D eigenvalue weighted by Gasteiger charge is -2.01. The minimum absolute atomic E-state index is 0.0283. The monoisotopic (exact) mass is 210 g/mol. The average molecular weight is 210 g/mol. The fraction of sp³-hybridized carbons (Fsp3) is 0.600. The Hall–Kier alpha value is -1.36. The zero-order valence-corrected chi connectivity index (χ0v) is 8.40. The van der Waals surface area contributed by atoms with Crippen molar-refractivity contribution in [2.75, 3.05) is 0 Å². The van der Waals surface area contributed by atoms with Crippen LogP contribution in [0.15, 0.2) is 4.42 Å². The minimum atomic E-state index is -1.07. The van der Waals surface area contributed by atoms with Crippen LogP contribution in [0.5, 0.6) is 0 Å². The molecule has 1 fully saturated rings. The molecule has 1 aliphatic rings. The van der Waals surface area contributed by atoms with E-state index in [2.05, 4.69) is 4.98 Å². The van der Waals surface area contributed by atoms with Gasteiger partial charge in [-0.3, -0.25) is 0 Å². The van der Waals surface area contributed by atoms with Gasteiger partial charge in [-0.05, 0) is 12.8 Å². The Balaban J connectivity index is 2.29. The summed E-state index contributed by atoms with van der Waals surface area (Å²) < 4.78 is 5.39. The van der Waals surface area contributed by atoms with Crippen molar-refractivity contribution < 1.29 is 14.3 Å². The summed E-state index contributed by atoms with van der Waals surface area (Å²) in [6, 6.07) is 0. The topological polar surface area (TPSA) is 89.4 Å². The number of carbonyl (C=O) groups is 1. The van der Waals surface area contributed by atoms with Crippen LogP contribution in [0.4, 0.5) is 0 Å². The molecule has 0 aromatic carbocycles. The minimum Gasteiger partial charge on any atom is -0.476 e. The van der Waals surface area contributed by atoms with E-state index in [-0.39, 0.29) is 23.9 Å². The Morgan fingerprint density at radius 3 is 2.67 bits per heavy atom. The Morgan fingerprint density at radius 1 is 1.53 bits per heavy atom. The molecule has 0 atom stereocenters. The summed E-state index contributed by atoms with van der Waals surface area (Å²) in [6.07, 6.45) is 4.38. The second kappa shape index (κ2) is 4.02. The third-order valence-electron chi connectivity index (χ3n) is 2.81. The number of nitrogens with zero attached hydrogens (tertiary/aromatic N) is 1. The van der Waals surface area contributed by atoms with Crippen LogP contribution in [0.1, 0.15) is 53.7 Å². The zero-order chi connectivity index (χ0) is 10.8. The molecular weight excluding hydrogens is 196 g/mol. The van der Waals surface area contributed by atoms with Crippen LogP contribution in [-0.4, -0.2) is 16.1 Å². The van der Waals surface area contributed by atoms with Crippen LogP contribution in [0.25, 0.3) is 0 Å². The third-order valence-corrected chi connectivity index (χ3v) is 2.81. The second-order valence-corrected chi connectivity index (χ2v) is 3.81. The predicted octanol–water partition coefficient (Wildman–Crippen LogP) is 1.49. The summed E-state index contributed by atoms with van der Waals surface area (Å²) in [7, 11) is 0. The molecule has 0 radical (unpaired) electrons. The highest BCUT2D eigenvalue weighted by atomic mass is 16.4. The lowest BCUT2D eigenvalue weighted by atomic mass is 10.1. The van der Waals surface area contributed by atoms with Crippen LogP contribution in [0, 0.1) is 0 Å². The Morgan fingerprint density at radius 2 is 2.20 bits per heavy atom. The molecule has 5 nitrogen and oxygen atoms in total. The zero-order valence-electron chi connectivity index (χ0n) is 8.40. The second-order valence-electron chi connectivity index (χ2n) is 3.81. The maximum Gasteiger partial charge on any atom is 0.358 e. The summed E-state index contributed by atoms with van der Waals surface area (Å²) in [5, 5.41) is 8.87. The van der Waals surface area contributed by atoms with Crippen molar-refractivity contribution in [1.82, 2.24) is 4.98 Å². The van der Waals surface area contributed by atoms with Crippen LogP contribution in [0.2, 0.25) is 0 Å². The summed E-state index contributed by atoms with van der Waals surface area (Å²) in [5.41, 5.74) is 5.38. The van der Waals surface area contributed by atoms with Crippen molar-refractivity contribution in [2.24, 2.45) is 5.73 Å². The lowest BCUT2D eigenvalue weighted by molar-refractivity contribution is 0.0688. The van der Waals surface area contributed by atoms with Gasteiger partial charge in [0, 0.05) is 5.92 Å². The summed E-state index contributed by atoms with van der Waals surface area (Å²) in [6.45, 7) is 0.0847. The number of nitrogens with two attached hydrogens (primary N) is 1. The SMILES string of the molecule is NCc1oc(C2CCCC2)nc1C(=O)O. The van der Waals surface area contributed by atoms with E-state index in [1.54, 1.807) is 0 Å². The Bertz CT molecular complexity index is 367. The van der Waals surface area contributed by atoms with Gasteiger partial charge < -0.3 is 15.3 Å². The molecule has 0 amide bonds. The smallest absolute Gasteiger partial charge is 0.358 e. The number of carboxylic acids is 1. The largest absolute Gasteiger partial charge is 0.476 e. The molecule has 1 aromatic rings. The molecule has 1 aromatic heterocycles. The molecule has 82 valence electrons. The van der Waals surface area contributed by atoms with E-state index < -0.39 is 5.97 Å². The van der Waals surface area contributed by atoms with Crippen molar-refractivity contribution in [3.8, 4) is 0 Å². The lowest BCUT2D eigenvalue weighted by Crippen LogP contribution is -2.05.